The number of ether oxygens (including phenoxy) is 3. The average Bonchev–Trinajstić information content (AvgIpc) is 3.31. The number of rotatable bonds is 45. The van der Waals surface area contributed by atoms with Crippen molar-refractivity contribution in [2.75, 3.05) is 13.2 Å². The maximum absolute atomic E-state index is 12.8. The molecule has 6 nitrogen and oxygen atoms in total. The van der Waals surface area contributed by atoms with Crippen LogP contribution in [0.5, 0.6) is 0 Å². The number of carbonyl (C=O) groups excluding carboxylic acids is 3. The number of hydrogen-bond donors (Lipinski definition) is 0. The van der Waals surface area contributed by atoms with E-state index in [1.54, 1.807) is 0 Å². The molecule has 0 saturated carbocycles. The molecular formula is C60H94O6. The van der Waals surface area contributed by atoms with Gasteiger partial charge in [0.1, 0.15) is 13.2 Å². The minimum absolute atomic E-state index is 0.122. The third kappa shape index (κ3) is 50.5. The standard InChI is InChI=1S/C60H94O6/c1-4-7-10-13-16-19-22-25-27-29-31-32-35-38-41-44-47-50-53-59(62)65-56-57(55-64-58(61)52-49-46-43-40-37-34-24-21-18-15-12-9-6-3)66-60(63)54-51-48-45-42-39-36-33-30-28-26-23-20-17-14-11-8-5-2/h8-9,11-12,14-15,17-18,20-21,23-24,26,28,30,33-34,36-37,39-40,43,57H,4-7,10,13,16,19,22,25,27,29,31-32,35,38,41-42,44-56H2,1-3H3/b11-8-,12-9-,17-14-,18-15-,23-20-,24-21-,28-26-,33-30+,37-34-,39-36-,43-40-. The van der Waals surface area contributed by atoms with E-state index in [1.807, 2.05) is 115 Å². The Hall–Kier alpha value is -4.45. The minimum Gasteiger partial charge on any atom is -0.462 e. The van der Waals surface area contributed by atoms with Gasteiger partial charge in [-0.3, -0.25) is 14.4 Å². The molecule has 0 aliphatic heterocycles. The molecule has 0 N–H and O–H groups in total. The highest BCUT2D eigenvalue weighted by molar-refractivity contribution is 5.71. The van der Waals surface area contributed by atoms with Crippen molar-refractivity contribution in [3.05, 3.63) is 134 Å². The zero-order valence-electron chi connectivity index (χ0n) is 42.1. The smallest absolute Gasteiger partial charge is 0.306 e. The van der Waals surface area contributed by atoms with Gasteiger partial charge in [0.2, 0.25) is 0 Å². The maximum atomic E-state index is 12.8. The van der Waals surface area contributed by atoms with E-state index < -0.39 is 6.10 Å². The molecule has 0 radical (unpaired) electrons. The number of esters is 3. The number of hydrogen-bond acceptors (Lipinski definition) is 6. The van der Waals surface area contributed by atoms with Crippen LogP contribution in [0.3, 0.4) is 0 Å². The zero-order valence-corrected chi connectivity index (χ0v) is 42.1. The third-order valence-corrected chi connectivity index (χ3v) is 10.7. The van der Waals surface area contributed by atoms with Crippen LogP contribution in [0, 0.1) is 0 Å². The van der Waals surface area contributed by atoms with Crippen LogP contribution >= 0.6 is 0 Å². The molecule has 0 heterocycles. The van der Waals surface area contributed by atoms with Gasteiger partial charge in [0.25, 0.3) is 0 Å². The Bertz CT molecular complexity index is 1460. The lowest BCUT2D eigenvalue weighted by Crippen LogP contribution is -2.30. The van der Waals surface area contributed by atoms with Crippen LogP contribution in [0.15, 0.2) is 134 Å². The Labute approximate surface area is 405 Å². The van der Waals surface area contributed by atoms with Crippen molar-refractivity contribution in [2.45, 2.75) is 213 Å². The molecule has 0 aliphatic carbocycles. The first-order chi connectivity index (χ1) is 32.5. The molecule has 0 fully saturated rings. The highest BCUT2D eigenvalue weighted by Gasteiger charge is 2.19. The van der Waals surface area contributed by atoms with Crippen molar-refractivity contribution < 1.29 is 28.6 Å². The maximum Gasteiger partial charge on any atom is 0.306 e. The largest absolute Gasteiger partial charge is 0.462 e. The number of allylic oxidation sites excluding steroid dienone is 22. The molecule has 1 unspecified atom stereocenters. The first kappa shape index (κ1) is 61.5. The van der Waals surface area contributed by atoms with Crippen molar-refractivity contribution in [3.63, 3.8) is 0 Å². The van der Waals surface area contributed by atoms with Crippen LogP contribution < -0.4 is 0 Å². The summed E-state index contributed by atoms with van der Waals surface area (Å²) in [6, 6.07) is 0. The van der Waals surface area contributed by atoms with Gasteiger partial charge in [-0.2, -0.15) is 0 Å². The Morgan fingerprint density at radius 3 is 0.985 bits per heavy atom. The van der Waals surface area contributed by atoms with Crippen LogP contribution in [-0.4, -0.2) is 37.2 Å². The second-order valence-corrected chi connectivity index (χ2v) is 17.0. The minimum atomic E-state index is -0.833. The molecule has 66 heavy (non-hydrogen) atoms. The van der Waals surface area contributed by atoms with Crippen molar-refractivity contribution in [1.29, 1.82) is 0 Å². The summed E-state index contributed by atoms with van der Waals surface area (Å²) >= 11 is 0. The van der Waals surface area contributed by atoms with Crippen LogP contribution in [0.4, 0.5) is 0 Å². The Kier molecular flexibility index (Phi) is 49.6. The Morgan fingerprint density at radius 1 is 0.318 bits per heavy atom. The Balaban J connectivity index is 4.55. The summed E-state index contributed by atoms with van der Waals surface area (Å²) in [6.45, 7) is 6.24. The normalized spacial score (nSPS) is 13.2. The van der Waals surface area contributed by atoms with Crippen molar-refractivity contribution in [2.24, 2.45) is 0 Å². The van der Waals surface area contributed by atoms with E-state index in [0.717, 1.165) is 57.8 Å². The monoisotopic (exact) mass is 911 g/mol. The van der Waals surface area contributed by atoms with Gasteiger partial charge in [-0.05, 0) is 51.4 Å². The molecule has 370 valence electrons. The van der Waals surface area contributed by atoms with Crippen LogP contribution in [-0.2, 0) is 28.6 Å². The second-order valence-electron chi connectivity index (χ2n) is 17.0. The molecule has 0 spiro atoms. The van der Waals surface area contributed by atoms with E-state index in [0.29, 0.717) is 19.3 Å². The lowest BCUT2D eigenvalue weighted by atomic mass is 10.0. The van der Waals surface area contributed by atoms with Crippen molar-refractivity contribution >= 4 is 17.9 Å². The van der Waals surface area contributed by atoms with E-state index in [2.05, 4.69) is 39.0 Å². The van der Waals surface area contributed by atoms with E-state index >= 15 is 0 Å². The van der Waals surface area contributed by atoms with Crippen LogP contribution in [0.25, 0.3) is 0 Å². The van der Waals surface area contributed by atoms with Gasteiger partial charge in [-0.1, -0.05) is 270 Å². The first-order valence-corrected chi connectivity index (χ1v) is 26.3. The summed E-state index contributed by atoms with van der Waals surface area (Å²) < 4.78 is 16.7. The third-order valence-electron chi connectivity index (χ3n) is 10.7. The van der Waals surface area contributed by atoms with Gasteiger partial charge >= 0.3 is 17.9 Å². The summed E-state index contributed by atoms with van der Waals surface area (Å²) in [6.07, 6.45) is 74.5. The van der Waals surface area contributed by atoms with Gasteiger partial charge in [-0.25, -0.2) is 0 Å². The molecule has 0 rings (SSSR count). The fourth-order valence-electron chi connectivity index (χ4n) is 6.80. The van der Waals surface area contributed by atoms with E-state index in [9.17, 15) is 14.4 Å². The second kappa shape index (κ2) is 53.2. The Morgan fingerprint density at radius 2 is 0.606 bits per heavy atom. The van der Waals surface area contributed by atoms with E-state index in [-0.39, 0.29) is 44.0 Å². The topological polar surface area (TPSA) is 78.9 Å². The predicted molar refractivity (Wildman–Crippen MR) is 283 cm³/mol. The molecule has 0 aromatic heterocycles. The van der Waals surface area contributed by atoms with Crippen molar-refractivity contribution in [3.8, 4) is 0 Å². The SMILES string of the molecule is CC\C=C/C=C\C=C/C=C\C=C/CCCC(=O)OCC(COC(=O)CCCCCCCCCCCCCCCCCCCC)OC(=O)CCCCC\C=C/C=C/C=C\C=C/C=C\C=C/CC. The molecular weight excluding hydrogens is 817 g/mol. The number of unbranched alkanes of at least 4 members (excludes halogenated alkanes) is 21. The summed E-state index contributed by atoms with van der Waals surface area (Å²) in [5, 5.41) is 0. The van der Waals surface area contributed by atoms with E-state index in [4.69, 9.17) is 14.2 Å². The highest BCUT2D eigenvalue weighted by atomic mass is 16.6. The molecule has 1 atom stereocenters. The lowest BCUT2D eigenvalue weighted by Gasteiger charge is -2.18. The van der Waals surface area contributed by atoms with Gasteiger partial charge in [0.05, 0.1) is 0 Å². The average molecular weight is 911 g/mol. The molecule has 0 bridgehead atoms. The summed E-state index contributed by atoms with van der Waals surface area (Å²) in [4.78, 5) is 38.0. The molecule has 0 aromatic rings. The van der Waals surface area contributed by atoms with Gasteiger partial charge < -0.3 is 14.2 Å². The van der Waals surface area contributed by atoms with Gasteiger partial charge in [-0.15, -0.1) is 0 Å². The fourth-order valence-corrected chi connectivity index (χ4v) is 6.80. The van der Waals surface area contributed by atoms with Crippen LogP contribution in [0.1, 0.15) is 207 Å². The highest BCUT2D eigenvalue weighted by Crippen LogP contribution is 2.15. The quantitative estimate of drug-likeness (QED) is 0.0262. The lowest BCUT2D eigenvalue weighted by molar-refractivity contribution is -0.167. The summed E-state index contributed by atoms with van der Waals surface area (Å²) in [7, 11) is 0. The summed E-state index contributed by atoms with van der Waals surface area (Å²) in [5.74, 6) is -1.05. The first-order valence-electron chi connectivity index (χ1n) is 26.3. The zero-order chi connectivity index (χ0) is 47.9. The molecule has 0 aliphatic rings. The van der Waals surface area contributed by atoms with Gasteiger partial charge in [0.15, 0.2) is 6.10 Å². The van der Waals surface area contributed by atoms with Crippen molar-refractivity contribution in [1.82, 2.24) is 0 Å². The molecule has 0 amide bonds. The fraction of sp³-hybridized carbons (Fsp3) is 0.583. The molecule has 0 saturated heterocycles. The molecule has 6 heteroatoms. The number of carbonyl (C=O) groups is 3. The van der Waals surface area contributed by atoms with E-state index in [1.165, 1.54) is 96.3 Å². The molecule has 0 aromatic carbocycles. The van der Waals surface area contributed by atoms with Gasteiger partial charge in [0, 0.05) is 19.3 Å². The predicted octanol–water partition coefficient (Wildman–Crippen LogP) is 17.5. The van der Waals surface area contributed by atoms with Crippen LogP contribution in [0.2, 0.25) is 0 Å². The summed E-state index contributed by atoms with van der Waals surface area (Å²) in [5.41, 5.74) is 0.